The molecule has 1 aliphatic rings. The fraction of sp³-hybridized carbons (Fsp3) is 0.455. The minimum Gasteiger partial charge on any atom is -0.333 e. The van der Waals surface area contributed by atoms with Gasteiger partial charge in [0.1, 0.15) is 0 Å². The van der Waals surface area contributed by atoms with Crippen LogP contribution in [0, 0.1) is 0 Å². The highest BCUT2D eigenvalue weighted by Gasteiger charge is 2.23. The Labute approximate surface area is 89.3 Å². The molecule has 0 radical (unpaired) electrons. The number of nitrogens with zero attached hydrogens (tertiary/aromatic N) is 2. The van der Waals surface area contributed by atoms with E-state index in [-0.39, 0.29) is 11.9 Å². The van der Waals surface area contributed by atoms with Crippen molar-refractivity contribution in [2.24, 2.45) is 0 Å². The third kappa shape index (κ3) is 2.15. The maximum atomic E-state index is 12.1. The summed E-state index contributed by atoms with van der Waals surface area (Å²) in [6.07, 6.45) is 3.31. The molecule has 1 atom stereocenters. The normalized spacial score (nSPS) is 21.4. The molecule has 1 saturated heterocycles. The monoisotopic (exact) mass is 205 g/mol. The number of rotatable bonds is 1. The number of hydrogen-bond acceptors (Lipinski definition) is 3. The lowest BCUT2D eigenvalue weighted by atomic mass is 10.1. The van der Waals surface area contributed by atoms with Crippen LogP contribution in [-0.4, -0.2) is 41.5 Å². The van der Waals surface area contributed by atoms with Crippen molar-refractivity contribution in [2.45, 2.75) is 13.0 Å². The van der Waals surface area contributed by atoms with Crippen LogP contribution in [0.3, 0.4) is 0 Å². The summed E-state index contributed by atoms with van der Waals surface area (Å²) in [4.78, 5) is 17.9. The Morgan fingerprint density at radius 3 is 2.93 bits per heavy atom. The fourth-order valence-corrected chi connectivity index (χ4v) is 1.80. The summed E-state index contributed by atoms with van der Waals surface area (Å²) in [5, 5.41) is 3.26. The summed E-state index contributed by atoms with van der Waals surface area (Å²) in [5.41, 5.74) is 0.721. The van der Waals surface area contributed by atoms with Crippen LogP contribution in [0.15, 0.2) is 24.5 Å². The number of hydrogen-bond donors (Lipinski definition) is 1. The lowest BCUT2D eigenvalue weighted by Crippen LogP contribution is -2.52. The highest BCUT2D eigenvalue weighted by atomic mass is 16.2. The van der Waals surface area contributed by atoms with Gasteiger partial charge in [-0.15, -0.1) is 0 Å². The molecule has 1 aliphatic heterocycles. The topological polar surface area (TPSA) is 45.2 Å². The van der Waals surface area contributed by atoms with Gasteiger partial charge >= 0.3 is 0 Å². The lowest BCUT2D eigenvalue weighted by molar-refractivity contribution is 0.0655. The van der Waals surface area contributed by atoms with Gasteiger partial charge in [-0.05, 0) is 19.1 Å². The van der Waals surface area contributed by atoms with Crippen molar-refractivity contribution in [3.8, 4) is 0 Å². The first kappa shape index (κ1) is 10.1. The average Bonchev–Trinajstić information content (AvgIpc) is 2.30. The molecule has 0 aliphatic carbocycles. The van der Waals surface area contributed by atoms with Gasteiger partial charge in [-0.2, -0.15) is 0 Å². The van der Waals surface area contributed by atoms with Crippen molar-refractivity contribution in [3.05, 3.63) is 30.1 Å². The molecule has 0 spiro atoms. The Morgan fingerprint density at radius 2 is 2.27 bits per heavy atom. The third-order valence-electron chi connectivity index (χ3n) is 2.69. The van der Waals surface area contributed by atoms with Crippen molar-refractivity contribution >= 4 is 5.91 Å². The van der Waals surface area contributed by atoms with Gasteiger partial charge in [0, 0.05) is 43.6 Å². The predicted molar refractivity (Wildman–Crippen MR) is 57.6 cm³/mol. The van der Waals surface area contributed by atoms with Crippen molar-refractivity contribution in [3.63, 3.8) is 0 Å². The van der Waals surface area contributed by atoms with E-state index in [1.165, 1.54) is 0 Å². The molecule has 0 saturated carbocycles. The lowest BCUT2D eigenvalue weighted by Gasteiger charge is -2.34. The number of carbonyl (C=O) groups excluding carboxylic acids is 1. The summed E-state index contributed by atoms with van der Waals surface area (Å²) < 4.78 is 0. The quantitative estimate of drug-likeness (QED) is 0.727. The number of carbonyl (C=O) groups is 1. The second-order valence-electron chi connectivity index (χ2n) is 3.79. The first-order valence-corrected chi connectivity index (χ1v) is 5.21. The van der Waals surface area contributed by atoms with Crippen molar-refractivity contribution in [2.75, 3.05) is 19.6 Å². The Bertz CT molecular complexity index is 339. The number of aromatic nitrogens is 1. The van der Waals surface area contributed by atoms with Gasteiger partial charge in [0.25, 0.3) is 5.91 Å². The molecule has 15 heavy (non-hydrogen) atoms. The van der Waals surface area contributed by atoms with Gasteiger partial charge in [-0.1, -0.05) is 0 Å². The van der Waals surface area contributed by atoms with E-state index in [0.717, 1.165) is 25.2 Å². The molecule has 1 unspecified atom stereocenters. The molecule has 1 N–H and O–H groups in total. The molecule has 4 heteroatoms. The molecule has 0 bridgehead atoms. The van der Waals surface area contributed by atoms with Crippen LogP contribution in [0.5, 0.6) is 0 Å². The van der Waals surface area contributed by atoms with Gasteiger partial charge < -0.3 is 10.2 Å². The Morgan fingerprint density at radius 1 is 1.53 bits per heavy atom. The van der Waals surface area contributed by atoms with Crippen LogP contribution in [0.1, 0.15) is 17.3 Å². The van der Waals surface area contributed by atoms with E-state index in [1.54, 1.807) is 24.5 Å². The zero-order valence-electron chi connectivity index (χ0n) is 8.81. The van der Waals surface area contributed by atoms with Gasteiger partial charge in [-0.25, -0.2) is 0 Å². The molecule has 1 aromatic heterocycles. The molecular formula is C11H15N3O. The van der Waals surface area contributed by atoms with Crippen molar-refractivity contribution in [1.29, 1.82) is 0 Å². The fourth-order valence-electron chi connectivity index (χ4n) is 1.80. The van der Waals surface area contributed by atoms with E-state index in [2.05, 4.69) is 17.2 Å². The van der Waals surface area contributed by atoms with E-state index in [9.17, 15) is 4.79 Å². The Hall–Kier alpha value is -1.42. The van der Waals surface area contributed by atoms with E-state index in [4.69, 9.17) is 0 Å². The number of nitrogens with one attached hydrogen (secondary N) is 1. The summed E-state index contributed by atoms with van der Waals surface area (Å²) in [5.74, 6) is 0.103. The molecule has 80 valence electrons. The Balaban J connectivity index is 2.13. The minimum absolute atomic E-state index is 0.103. The molecule has 2 heterocycles. The summed E-state index contributed by atoms with van der Waals surface area (Å²) in [6.45, 7) is 4.59. The predicted octanol–water partition coefficient (Wildman–Crippen LogP) is 0.515. The molecule has 1 aromatic rings. The van der Waals surface area contributed by atoms with E-state index < -0.39 is 0 Å². The van der Waals surface area contributed by atoms with Gasteiger partial charge in [0.05, 0.1) is 0 Å². The minimum atomic E-state index is 0.103. The zero-order valence-corrected chi connectivity index (χ0v) is 8.81. The molecular weight excluding hydrogens is 190 g/mol. The smallest absolute Gasteiger partial charge is 0.254 e. The number of amides is 1. The molecule has 4 nitrogen and oxygen atoms in total. The third-order valence-corrected chi connectivity index (χ3v) is 2.69. The summed E-state index contributed by atoms with van der Waals surface area (Å²) in [6, 6.07) is 3.79. The van der Waals surface area contributed by atoms with E-state index >= 15 is 0 Å². The largest absolute Gasteiger partial charge is 0.333 e. The summed E-state index contributed by atoms with van der Waals surface area (Å²) >= 11 is 0. The molecule has 1 amide bonds. The van der Waals surface area contributed by atoms with Crippen LogP contribution in [-0.2, 0) is 0 Å². The standard InChI is InChI=1S/C11H15N3O/c1-9-8-13-6-7-14(9)11(15)10-2-4-12-5-3-10/h2-5,9,13H,6-8H2,1H3. The summed E-state index contributed by atoms with van der Waals surface area (Å²) in [7, 11) is 0. The highest BCUT2D eigenvalue weighted by molar-refractivity contribution is 5.94. The maximum absolute atomic E-state index is 12.1. The number of piperazine rings is 1. The van der Waals surface area contributed by atoms with Crippen LogP contribution in [0.4, 0.5) is 0 Å². The van der Waals surface area contributed by atoms with Gasteiger partial charge in [-0.3, -0.25) is 9.78 Å². The van der Waals surface area contributed by atoms with Crippen molar-refractivity contribution in [1.82, 2.24) is 15.2 Å². The zero-order chi connectivity index (χ0) is 10.7. The van der Waals surface area contributed by atoms with Crippen LogP contribution in [0.25, 0.3) is 0 Å². The highest BCUT2D eigenvalue weighted by Crippen LogP contribution is 2.09. The molecule has 2 rings (SSSR count). The second-order valence-corrected chi connectivity index (χ2v) is 3.79. The number of pyridine rings is 1. The van der Waals surface area contributed by atoms with Crippen LogP contribution >= 0.6 is 0 Å². The van der Waals surface area contributed by atoms with Crippen molar-refractivity contribution < 1.29 is 4.79 Å². The first-order chi connectivity index (χ1) is 7.29. The Kier molecular flexibility index (Phi) is 2.97. The van der Waals surface area contributed by atoms with E-state index in [1.807, 2.05) is 4.90 Å². The second kappa shape index (κ2) is 4.40. The molecule has 1 fully saturated rings. The van der Waals surface area contributed by atoms with Gasteiger partial charge in [0.2, 0.25) is 0 Å². The van der Waals surface area contributed by atoms with E-state index in [0.29, 0.717) is 0 Å². The van der Waals surface area contributed by atoms with Crippen LogP contribution < -0.4 is 5.32 Å². The van der Waals surface area contributed by atoms with Crippen LogP contribution in [0.2, 0.25) is 0 Å². The van der Waals surface area contributed by atoms with Gasteiger partial charge in [0.15, 0.2) is 0 Å². The SMILES string of the molecule is CC1CNCCN1C(=O)c1ccncc1. The molecule has 0 aromatic carbocycles. The average molecular weight is 205 g/mol. The first-order valence-electron chi connectivity index (χ1n) is 5.21. The maximum Gasteiger partial charge on any atom is 0.254 e.